The molecule has 156 valence electrons. The van der Waals surface area contributed by atoms with E-state index in [0.717, 1.165) is 41.0 Å². The van der Waals surface area contributed by atoms with Crippen molar-refractivity contribution in [1.82, 2.24) is 14.5 Å². The third kappa shape index (κ3) is 3.58. The molecule has 0 bridgehead atoms. The van der Waals surface area contributed by atoms with Crippen molar-refractivity contribution in [2.75, 3.05) is 6.54 Å². The quantitative estimate of drug-likeness (QED) is 0.485. The summed E-state index contributed by atoms with van der Waals surface area (Å²) in [6, 6.07) is 19.5. The maximum absolute atomic E-state index is 13.3. The Bertz CT molecular complexity index is 1470. The minimum atomic E-state index is -0.0523. The molecular formula is C25H19N5OS. The van der Waals surface area contributed by atoms with E-state index >= 15 is 0 Å². The van der Waals surface area contributed by atoms with Gasteiger partial charge < -0.3 is 0 Å². The zero-order valence-corrected chi connectivity index (χ0v) is 18.1. The number of benzene rings is 2. The van der Waals surface area contributed by atoms with Crippen LogP contribution in [0.5, 0.6) is 0 Å². The average molecular weight is 438 g/mol. The van der Waals surface area contributed by atoms with Gasteiger partial charge in [0.15, 0.2) is 0 Å². The Morgan fingerprint density at radius 3 is 2.31 bits per heavy atom. The van der Waals surface area contributed by atoms with E-state index in [-0.39, 0.29) is 5.56 Å². The van der Waals surface area contributed by atoms with Crippen LogP contribution in [0, 0.1) is 22.7 Å². The number of thiophene rings is 1. The predicted octanol–water partition coefficient (Wildman–Crippen LogP) is 3.81. The molecule has 2 aromatic carbocycles. The summed E-state index contributed by atoms with van der Waals surface area (Å²) in [5, 5.41) is 19.4. The number of hydrogen-bond acceptors (Lipinski definition) is 6. The highest BCUT2D eigenvalue weighted by Crippen LogP contribution is 2.33. The normalized spacial score (nSPS) is 13.4. The monoisotopic (exact) mass is 437 g/mol. The van der Waals surface area contributed by atoms with Gasteiger partial charge in [-0.05, 0) is 35.2 Å². The summed E-state index contributed by atoms with van der Waals surface area (Å²) in [5.41, 5.74) is 4.15. The zero-order chi connectivity index (χ0) is 22.1. The van der Waals surface area contributed by atoms with Gasteiger partial charge in [-0.15, -0.1) is 11.3 Å². The first-order chi connectivity index (χ1) is 15.7. The number of rotatable bonds is 4. The fourth-order valence-electron chi connectivity index (χ4n) is 4.28. The molecule has 0 fully saturated rings. The van der Waals surface area contributed by atoms with Crippen molar-refractivity contribution in [2.45, 2.75) is 26.1 Å². The Morgan fingerprint density at radius 1 is 0.969 bits per heavy atom. The van der Waals surface area contributed by atoms with Crippen LogP contribution in [-0.4, -0.2) is 21.0 Å². The Balaban J connectivity index is 1.45. The summed E-state index contributed by atoms with van der Waals surface area (Å²) >= 11 is 1.58. The zero-order valence-electron chi connectivity index (χ0n) is 17.3. The second-order valence-electron chi connectivity index (χ2n) is 7.86. The molecule has 7 heteroatoms. The third-order valence-electron chi connectivity index (χ3n) is 5.92. The molecule has 0 atom stereocenters. The molecular weight excluding hydrogens is 418 g/mol. The van der Waals surface area contributed by atoms with Gasteiger partial charge in [-0.25, -0.2) is 4.98 Å². The molecule has 0 N–H and O–H groups in total. The van der Waals surface area contributed by atoms with Crippen LogP contribution in [-0.2, 0) is 26.1 Å². The van der Waals surface area contributed by atoms with Crippen LogP contribution in [0.15, 0.2) is 59.7 Å². The topological polar surface area (TPSA) is 85.7 Å². The maximum atomic E-state index is 13.3. The lowest BCUT2D eigenvalue weighted by Gasteiger charge is -2.27. The molecule has 0 spiro atoms. The van der Waals surface area contributed by atoms with Gasteiger partial charge in [0.1, 0.15) is 4.83 Å². The summed E-state index contributed by atoms with van der Waals surface area (Å²) in [6.07, 6.45) is 2.36. The van der Waals surface area contributed by atoms with E-state index < -0.39 is 0 Å². The number of hydrogen-bond donors (Lipinski definition) is 0. The lowest BCUT2D eigenvalue weighted by atomic mass is 10.0. The minimum Gasteiger partial charge on any atom is -0.294 e. The van der Waals surface area contributed by atoms with E-state index in [1.54, 1.807) is 28.3 Å². The van der Waals surface area contributed by atoms with Crippen LogP contribution in [0.1, 0.15) is 32.7 Å². The first kappa shape index (κ1) is 20.1. The Morgan fingerprint density at radius 2 is 1.62 bits per heavy atom. The molecule has 32 heavy (non-hydrogen) atoms. The summed E-state index contributed by atoms with van der Waals surface area (Å²) in [4.78, 5) is 22.1. The molecule has 2 aromatic heterocycles. The molecule has 0 radical (unpaired) electrons. The number of nitrogens with zero attached hydrogens (tertiary/aromatic N) is 5. The highest BCUT2D eigenvalue weighted by Gasteiger charge is 2.24. The SMILES string of the molecule is N#Cc1ccccc1CN1CCc2c(sc3ncn(Cc4ccccc4C#N)c(=O)c23)C1. The van der Waals surface area contributed by atoms with Crippen LogP contribution in [0.4, 0.5) is 0 Å². The Hall–Kier alpha value is -3.78. The molecule has 0 aliphatic carbocycles. The largest absolute Gasteiger partial charge is 0.294 e. The summed E-state index contributed by atoms with van der Waals surface area (Å²) in [5.74, 6) is 0. The van der Waals surface area contributed by atoms with E-state index in [0.29, 0.717) is 29.6 Å². The summed E-state index contributed by atoms with van der Waals surface area (Å²) in [7, 11) is 0. The lowest BCUT2D eigenvalue weighted by molar-refractivity contribution is 0.249. The minimum absolute atomic E-state index is 0.0523. The van der Waals surface area contributed by atoms with Crippen molar-refractivity contribution in [1.29, 1.82) is 10.5 Å². The highest BCUT2D eigenvalue weighted by atomic mass is 32.1. The Kier molecular flexibility index (Phi) is 5.28. The van der Waals surface area contributed by atoms with E-state index in [1.165, 1.54) is 4.88 Å². The van der Waals surface area contributed by atoms with Gasteiger partial charge in [0.05, 0.1) is 41.5 Å². The maximum Gasteiger partial charge on any atom is 0.262 e. The Labute approximate surface area is 189 Å². The lowest BCUT2D eigenvalue weighted by Crippen LogP contribution is -2.30. The number of aromatic nitrogens is 2. The highest BCUT2D eigenvalue weighted by molar-refractivity contribution is 7.18. The fraction of sp³-hybridized carbons (Fsp3) is 0.200. The molecule has 0 saturated carbocycles. The van der Waals surface area contributed by atoms with Crippen LogP contribution >= 0.6 is 11.3 Å². The van der Waals surface area contributed by atoms with Crippen LogP contribution in [0.3, 0.4) is 0 Å². The van der Waals surface area contributed by atoms with Gasteiger partial charge >= 0.3 is 0 Å². The second-order valence-corrected chi connectivity index (χ2v) is 8.94. The van der Waals surface area contributed by atoms with Crippen molar-refractivity contribution in [2.24, 2.45) is 0 Å². The standard InChI is InChI=1S/C25H19N5OS/c26-11-17-5-1-3-7-19(17)13-29-10-9-21-22(15-29)32-24-23(21)25(31)30(16-28-24)14-20-8-4-2-6-18(20)12-27/h1-8,16H,9-10,13-15H2. The average Bonchev–Trinajstić information content (AvgIpc) is 3.20. The molecule has 5 rings (SSSR count). The van der Waals surface area contributed by atoms with Crippen LogP contribution in [0.2, 0.25) is 0 Å². The molecule has 0 unspecified atom stereocenters. The smallest absolute Gasteiger partial charge is 0.262 e. The van der Waals surface area contributed by atoms with Gasteiger partial charge in [-0.1, -0.05) is 36.4 Å². The second kappa shape index (κ2) is 8.39. The van der Waals surface area contributed by atoms with Crippen molar-refractivity contribution < 1.29 is 0 Å². The van der Waals surface area contributed by atoms with Crippen molar-refractivity contribution >= 4 is 21.6 Å². The van der Waals surface area contributed by atoms with Gasteiger partial charge in [-0.3, -0.25) is 14.3 Å². The van der Waals surface area contributed by atoms with E-state index in [4.69, 9.17) is 0 Å². The summed E-state index contributed by atoms with van der Waals surface area (Å²) < 4.78 is 1.60. The molecule has 6 nitrogen and oxygen atoms in total. The van der Waals surface area contributed by atoms with E-state index in [9.17, 15) is 15.3 Å². The first-order valence-corrected chi connectivity index (χ1v) is 11.2. The molecule has 4 aromatic rings. The predicted molar refractivity (Wildman–Crippen MR) is 123 cm³/mol. The van der Waals surface area contributed by atoms with Crippen LogP contribution < -0.4 is 5.56 Å². The van der Waals surface area contributed by atoms with Gasteiger partial charge in [0, 0.05) is 24.5 Å². The molecule has 0 amide bonds. The van der Waals surface area contributed by atoms with Gasteiger partial charge in [-0.2, -0.15) is 10.5 Å². The number of nitriles is 2. The van der Waals surface area contributed by atoms with Crippen molar-refractivity contribution in [3.63, 3.8) is 0 Å². The van der Waals surface area contributed by atoms with Gasteiger partial charge in [0.2, 0.25) is 0 Å². The summed E-state index contributed by atoms with van der Waals surface area (Å²) in [6.45, 7) is 2.60. The first-order valence-electron chi connectivity index (χ1n) is 10.4. The number of fused-ring (bicyclic) bond motifs is 3. The van der Waals surface area contributed by atoms with Crippen molar-refractivity contribution in [3.8, 4) is 12.1 Å². The molecule has 1 aliphatic heterocycles. The van der Waals surface area contributed by atoms with Gasteiger partial charge in [0.25, 0.3) is 5.56 Å². The third-order valence-corrected chi connectivity index (χ3v) is 7.04. The van der Waals surface area contributed by atoms with E-state index in [2.05, 4.69) is 22.0 Å². The van der Waals surface area contributed by atoms with E-state index in [1.807, 2.05) is 42.5 Å². The molecule has 0 saturated heterocycles. The van der Waals surface area contributed by atoms with Crippen LogP contribution in [0.25, 0.3) is 10.2 Å². The molecule has 3 heterocycles. The van der Waals surface area contributed by atoms with Crippen molar-refractivity contribution in [3.05, 3.63) is 97.9 Å². The molecule has 1 aliphatic rings. The fourth-order valence-corrected chi connectivity index (χ4v) is 5.50.